The van der Waals surface area contributed by atoms with E-state index < -0.39 is 42.0 Å². The molecule has 0 unspecified atom stereocenters. The van der Waals surface area contributed by atoms with E-state index in [1.54, 1.807) is 50.4 Å². The molecule has 1 saturated heterocycles. The fraction of sp³-hybridized carbons (Fsp3) is 0.304. The van der Waals surface area contributed by atoms with Gasteiger partial charge in [0.1, 0.15) is 12.1 Å². The van der Waals surface area contributed by atoms with Gasteiger partial charge in [0.2, 0.25) is 0 Å². The molecule has 1 aliphatic heterocycles. The lowest BCUT2D eigenvalue weighted by Gasteiger charge is -2.23. The van der Waals surface area contributed by atoms with E-state index in [1.807, 2.05) is 25.1 Å². The van der Waals surface area contributed by atoms with Crippen LogP contribution in [0.1, 0.15) is 25.0 Å². The van der Waals surface area contributed by atoms with Gasteiger partial charge in [0, 0.05) is 12.7 Å². The molecule has 1 fully saturated rings. The first kappa shape index (κ1) is 22.0. The Morgan fingerprint density at radius 3 is 2.32 bits per heavy atom. The first-order valence-corrected chi connectivity index (χ1v) is 9.87. The van der Waals surface area contributed by atoms with Crippen molar-refractivity contribution in [3.05, 3.63) is 65.7 Å². The SMILES string of the molecule is Cc1ccc([C@]2(C)NC(=O)N(CC(=O)O[C@@H](C)C(=O)N(C)c3ccccc3)C2=O)cc1. The summed E-state index contributed by atoms with van der Waals surface area (Å²) in [7, 11) is 1.58. The maximum Gasteiger partial charge on any atom is 0.327 e. The average molecular weight is 423 g/mol. The van der Waals surface area contributed by atoms with Gasteiger partial charge in [-0.25, -0.2) is 4.79 Å². The molecule has 0 aliphatic carbocycles. The van der Waals surface area contributed by atoms with E-state index in [1.165, 1.54) is 11.8 Å². The first-order valence-electron chi connectivity index (χ1n) is 9.87. The Kier molecular flexibility index (Phi) is 6.10. The molecule has 2 atom stereocenters. The first-order chi connectivity index (χ1) is 14.6. The summed E-state index contributed by atoms with van der Waals surface area (Å²) < 4.78 is 5.20. The summed E-state index contributed by atoms with van der Waals surface area (Å²) in [6.45, 7) is 4.37. The number of rotatable bonds is 6. The molecular formula is C23H25N3O5. The summed E-state index contributed by atoms with van der Waals surface area (Å²) in [5.74, 6) is -1.83. The second-order valence-electron chi connectivity index (χ2n) is 7.68. The number of urea groups is 1. The van der Waals surface area contributed by atoms with Gasteiger partial charge >= 0.3 is 12.0 Å². The molecule has 31 heavy (non-hydrogen) atoms. The van der Waals surface area contributed by atoms with Crippen LogP contribution < -0.4 is 10.2 Å². The lowest BCUT2D eigenvalue weighted by molar-refractivity contribution is -0.155. The van der Waals surface area contributed by atoms with Gasteiger partial charge in [-0.3, -0.25) is 19.3 Å². The predicted octanol–water partition coefficient (Wildman–Crippen LogP) is 2.36. The van der Waals surface area contributed by atoms with Crippen LogP contribution >= 0.6 is 0 Å². The van der Waals surface area contributed by atoms with Crippen molar-refractivity contribution in [1.29, 1.82) is 0 Å². The number of benzene rings is 2. The van der Waals surface area contributed by atoms with Gasteiger partial charge in [0.05, 0.1) is 0 Å². The number of hydrogen-bond donors (Lipinski definition) is 1. The molecule has 4 amide bonds. The Balaban J connectivity index is 1.64. The van der Waals surface area contributed by atoms with Gasteiger partial charge in [0.25, 0.3) is 11.8 Å². The zero-order valence-electron chi connectivity index (χ0n) is 17.9. The van der Waals surface area contributed by atoms with Crippen LogP contribution in [-0.4, -0.2) is 48.4 Å². The van der Waals surface area contributed by atoms with E-state index in [2.05, 4.69) is 5.32 Å². The molecule has 8 nitrogen and oxygen atoms in total. The lowest BCUT2D eigenvalue weighted by Crippen LogP contribution is -2.43. The number of carbonyl (C=O) groups is 4. The van der Waals surface area contributed by atoms with E-state index in [9.17, 15) is 19.2 Å². The largest absolute Gasteiger partial charge is 0.451 e. The molecular weight excluding hydrogens is 398 g/mol. The Hall–Kier alpha value is -3.68. The molecule has 1 aliphatic rings. The highest BCUT2D eigenvalue weighted by atomic mass is 16.5. The third kappa shape index (κ3) is 4.42. The van der Waals surface area contributed by atoms with E-state index in [4.69, 9.17) is 4.74 Å². The number of esters is 1. The summed E-state index contributed by atoms with van der Waals surface area (Å²) in [5, 5.41) is 2.64. The average Bonchev–Trinajstić information content (AvgIpc) is 2.97. The van der Waals surface area contributed by atoms with Crippen molar-refractivity contribution < 1.29 is 23.9 Å². The van der Waals surface area contributed by atoms with Crippen LogP contribution in [0, 0.1) is 6.92 Å². The Morgan fingerprint density at radius 1 is 1.10 bits per heavy atom. The maximum atomic E-state index is 12.9. The van der Waals surface area contributed by atoms with Gasteiger partial charge in [0.15, 0.2) is 6.10 Å². The Morgan fingerprint density at radius 2 is 1.71 bits per heavy atom. The van der Waals surface area contributed by atoms with Crippen LogP contribution in [0.3, 0.4) is 0 Å². The van der Waals surface area contributed by atoms with E-state index in [0.717, 1.165) is 10.5 Å². The highest BCUT2D eigenvalue weighted by Gasteiger charge is 2.49. The smallest absolute Gasteiger partial charge is 0.327 e. The predicted molar refractivity (Wildman–Crippen MR) is 114 cm³/mol. The fourth-order valence-electron chi connectivity index (χ4n) is 3.39. The molecule has 0 bridgehead atoms. The minimum absolute atomic E-state index is 0.429. The normalized spacial score (nSPS) is 19.0. The van der Waals surface area contributed by atoms with Crippen molar-refractivity contribution in [3.8, 4) is 0 Å². The molecule has 0 spiro atoms. The summed E-state index contributed by atoms with van der Waals surface area (Å²) >= 11 is 0. The second-order valence-corrected chi connectivity index (χ2v) is 7.68. The van der Waals surface area contributed by atoms with Crippen molar-refractivity contribution in [2.24, 2.45) is 0 Å². The molecule has 1 N–H and O–H groups in total. The fourth-order valence-corrected chi connectivity index (χ4v) is 3.39. The molecule has 2 aromatic carbocycles. The van der Waals surface area contributed by atoms with E-state index in [0.29, 0.717) is 11.3 Å². The van der Waals surface area contributed by atoms with Crippen molar-refractivity contribution in [2.45, 2.75) is 32.4 Å². The van der Waals surface area contributed by atoms with Crippen LogP contribution in [0.2, 0.25) is 0 Å². The maximum absolute atomic E-state index is 12.9. The standard InChI is InChI=1S/C23H25N3O5/c1-15-10-12-17(13-11-15)23(3)21(29)26(22(30)24-23)14-19(27)31-16(2)20(28)25(4)18-8-6-5-7-9-18/h5-13,16H,14H2,1-4H3,(H,24,30)/t16-,23-/m0/s1. The molecule has 3 rings (SSSR count). The number of anilines is 1. The molecule has 0 radical (unpaired) electrons. The number of nitrogens with one attached hydrogen (secondary N) is 1. The third-order valence-electron chi connectivity index (χ3n) is 5.32. The molecule has 0 aromatic heterocycles. The Bertz CT molecular complexity index is 1010. The quantitative estimate of drug-likeness (QED) is 0.568. The Labute approximate surface area is 180 Å². The van der Waals surface area contributed by atoms with Crippen molar-refractivity contribution in [3.63, 3.8) is 0 Å². The minimum atomic E-state index is -1.28. The van der Waals surface area contributed by atoms with Crippen LogP contribution in [0.5, 0.6) is 0 Å². The number of carbonyl (C=O) groups excluding carboxylic acids is 4. The van der Waals surface area contributed by atoms with Gasteiger partial charge in [-0.2, -0.15) is 0 Å². The van der Waals surface area contributed by atoms with Gasteiger partial charge in [-0.05, 0) is 38.5 Å². The summed E-state index contributed by atoms with van der Waals surface area (Å²) in [6.07, 6.45) is -1.08. The summed E-state index contributed by atoms with van der Waals surface area (Å²) in [4.78, 5) is 52.5. The minimum Gasteiger partial charge on any atom is -0.451 e. The third-order valence-corrected chi connectivity index (χ3v) is 5.32. The number of hydrogen-bond acceptors (Lipinski definition) is 5. The molecule has 0 saturated carbocycles. The molecule has 8 heteroatoms. The van der Waals surface area contributed by atoms with Crippen LogP contribution in [0.15, 0.2) is 54.6 Å². The summed E-state index contributed by atoms with van der Waals surface area (Å²) in [6, 6.07) is 15.4. The number of amides is 4. The highest BCUT2D eigenvalue weighted by molar-refractivity contribution is 6.09. The lowest BCUT2D eigenvalue weighted by atomic mass is 9.91. The van der Waals surface area contributed by atoms with Gasteiger partial charge in [-0.1, -0.05) is 48.0 Å². The van der Waals surface area contributed by atoms with Crippen LogP contribution in [0.4, 0.5) is 10.5 Å². The molecule has 1 heterocycles. The van der Waals surface area contributed by atoms with Crippen molar-refractivity contribution in [2.75, 3.05) is 18.5 Å². The van der Waals surface area contributed by atoms with E-state index in [-0.39, 0.29) is 0 Å². The second kappa shape index (κ2) is 8.59. The molecule has 162 valence electrons. The van der Waals surface area contributed by atoms with Gasteiger partial charge < -0.3 is 15.0 Å². The van der Waals surface area contributed by atoms with Crippen molar-refractivity contribution >= 4 is 29.5 Å². The van der Waals surface area contributed by atoms with Crippen LogP contribution in [-0.2, 0) is 24.7 Å². The number of likely N-dealkylation sites (N-methyl/N-ethyl adjacent to an activating group) is 1. The topological polar surface area (TPSA) is 96.0 Å². The monoisotopic (exact) mass is 423 g/mol. The summed E-state index contributed by atoms with van der Waals surface area (Å²) in [5.41, 5.74) is 1.00. The number of aryl methyl sites for hydroxylation is 1. The highest BCUT2D eigenvalue weighted by Crippen LogP contribution is 2.29. The van der Waals surface area contributed by atoms with Gasteiger partial charge in [-0.15, -0.1) is 0 Å². The van der Waals surface area contributed by atoms with E-state index >= 15 is 0 Å². The number of nitrogens with zero attached hydrogens (tertiary/aromatic N) is 2. The zero-order valence-corrected chi connectivity index (χ0v) is 17.9. The van der Waals surface area contributed by atoms with Crippen molar-refractivity contribution in [1.82, 2.24) is 10.2 Å². The zero-order chi connectivity index (χ0) is 22.8. The number of ether oxygens (including phenoxy) is 1. The number of imide groups is 1. The number of para-hydroxylation sites is 1. The molecule has 2 aromatic rings. The van der Waals surface area contributed by atoms with Crippen LogP contribution in [0.25, 0.3) is 0 Å².